The first-order chi connectivity index (χ1) is 13.1. The van der Waals surface area contributed by atoms with Crippen molar-refractivity contribution in [1.82, 2.24) is 4.90 Å². The summed E-state index contributed by atoms with van der Waals surface area (Å²) >= 11 is 3.40. The van der Waals surface area contributed by atoms with Gasteiger partial charge in [-0.1, -0.05) is 58.4 Å². The van der Waals surface area contributed by atoms with E-state index in [1.807, 2.05) is 66.7 Å². The van der Waals surface area contributed by atoms with Gasteiger partial charge in [0.25, 0.3) is 5.91 Å². The fraction of sp³-hybridized carbons (Fsp3) is 0.0909. The van der Waals surface area contributed by atoms with Crippen LogP contribution in [0.1, 0.15) is 11.3 Å². The Morgan fingerprint density at radius 1 is 1.11 bits per heavy atom. The van der Waals surface area contributed by atoms with Gasteiger partial charge in [-0.15, -0.1) is 0 Å². The molecule has 0 saturated carbocycles. The van der Waals surface area contributed by atoms with E-state index in [4.69, 9.17) is 4.42 Å². The maximum absolute atomic E-state index is 12.6. The van der Waals surface area contributed by atoms with Crippen molar-refractivity contribution in [3.05, 3.63) is 88.1 Å². The van der Waals surface area contributed by atoms with Crippen LogP contribution in [0.5, 0.6) is 0 Å². The molecule has 4 nitrogen and oxygen atoms in total. The highest BCUT2D eigenvalue weighted by molar-refractivity contribution is 9.10. The van der Waals surface area contributed by atoms with Gasteiger partial charge in [-0.05, 0) is 29.8 Å². The standard InChI is InChI=1S/C22H17BrN2O2/c1-25(15-16-5-3-2-4-6-16)22(26)18(14-24)13-20-11-12-21(27-20)17-7-9-19(23)10-8-17/h2-13H,15H2,1H3. The van der Waals surface area contributed by atoms with Gasteiger partial charge in [0.05, 0.1) is 0 Å². The molecule has 2 aromatic carbocycles. The van der Waals surface area contributed by atoms with Gasteiger partial charge in [0.15, 0.2) is 0 Å². The quantitative estimate of drug-likeness (QED) is 0.416. The summed E-state index contributed by atoms with van der Waals surface area (Å²) in [6.45, 7) is 0.432. The number of hydrogen-bond donors (Lipinski definition) is 0. The lowest BCUT2D eigenvalue weighted by molar-refractivity contribution is -0.125. The average Bonchev–Trinajstić information content (AvgIpc) is 3.15. The Labute approximate surface area is 166 Å². The van der Waals surface area contributed by atoms with Crippen molar-refractivity contribution in [2.75, 3.05) is 7.05 Å². The zero-order valence-corrected chi connectivity index (χ0v) is 16.3. The Hall–Kier alpha value is -3.10. The molecule has 0 saturated heterocycles. The molecule has 1 amide bonds. The third-order valence-corrected chi connectivity index (χ3v) is 4.53. The van der Waals surface area contributed by atoms with Crippen LogP contribution in [0.15, 0.2) is 81.2 Å². The third kappa shape index (κ3) is 4.75. The second kappa shape index (κ2) is 8.52. The first-order valence-electron chi connectivity index (χ1n) is 8.34. The number of nitriles is 1. The van der Waals surface area contributed by atoms with E-state index in [2.05, 4.69) is 15.9 Å². The van der Waals surface area contributed by atoms with E-state index in [1.54, 1.807) is 13.1 Å². The number of nitrogens with zero attached hydrogens (tertiary/aromatic N) is 2. The summed E-state index contributed by atoms with van der Waals surface area (Å²) in [6, 6.07) is 22.9. The van der Waals surface area contributed by atoms with Crippen LogP contribution in [0.25, 0.3) is 17.4 Å². The number of carbonyl (C=O) groups excluding carboxylic acids is 1. The number of benzene rings is 2. The fourth-order valence-corrected chi connectivity index (χ4v) is 2.88. The van der Waals surface area contributed by atoms with Crippen LogP contribution in [-0.4, -0.2) is 17.9 Å². The molecular formula is C22H17BrN2O2. The molecule has 3 rings (SSSR count). The van der Waals surface area contributed by atoms with E-state index < -0.39 is 0 Å². The molecule has 0 radical (unpaired) electrons. The van der Waals surface area contributed by atoms with Gasteiger partial charge in [0.2, 0.25) is 0 Å². The minimum atomic E-state index is -0.344. The molecule has 1 heterocycles. The highest BCUT2D eigenvalue weighted by Crippen LogP contribution is 2.25. The zero-order chi connectivity index (χ0) is 19.2. The molecule has 0 fully saturated rings. The van der Waals surface area contributed by atoms with Gasteiger partial charge in [0.1, 0.15) is 23.2 Å². The molecule has 0 unspecified atom stereocenters. The lowest BCUT2D eigenvalue weighted by Gasteiger charge is -2.16. The molecule has 0 aliphatic rings. The molecule has 27 heavy (non-hydrogen) atoms. The number of amides is 1. The van der Waals surface area contributed by atoms with Crippen LogP contribution in [0, 0.1) is 11.3 Å². The Balaban J connectivity index is 1.77. The largest absolute Gasteiger partial charge is 0.457 e. The van der Waals surface area contributed by atoms with Crippen LogP contribution in [0.3, 0.4) is 0 Å². The molecule has 0 aliphatic heterocycles. The summed E-state index contributed by atoms with van der Waals surface area (Å²) in [6.07, 6.45) is 1.48. The Bertz CT molecular complexity index is 999. The van der Waals surface area contributed by atoms with Crippen LogP contribution < -0.4 is 0 Å². The Morgan fingerprint density at radius 2 is 1.81 bits per heavy atom. The van der Waals surface area contributed by atoms with Crippen molar-refractivity contribution in [3.63, 3.8) is 0 Å². The Morgan fingerprint density at radius 3 is 2.48 bits per heavy atom. The summed E-state index contributed by atoms with van der Waals surface area (Å²) in [5, 5.41) is 9.41. The summed E-state index contributed by atoms with van der Waals surface area (Å²) in [5.41, 5.74) is 1.95. The Kier molecular flexibility index (Phi) is 5.90. The number of rotatable bonds is 5. The molecule has 0 N–H and O–H groups in total. The van der Waals surface area contributed by atoms with Crippen molar-refractivity contribution >= 4 is 27.9 Å². The van der Waals surface area contributed by atoms with Gasteiger partial charge in [0, 0.05) is 29.7 Å². The highest BCUT2D eigenvalue weighted by Gasteiger charge is 2.16. The van der Waals surface area contributed by atoms with Gasteiger partial charge in [-0.2, -0.15) is 5.26 Å². The molecule has 134 valence electrons. The van der Waals surface area contributed by atoms with E-state index in [0.717, 1.165) is 15.6 Å². The predicted octanol–water partition coefficient (Wildman–Crippen LogP) is 5.27. The summed E-state index contributed by atoms with van der Waals surface area (Å²) in [7, 11) is 1.68. The SMILES string of the molecule is CN(Cc1ccccc1)C(=O)C(C#N)=Cc1ccc(-c2ccc(Br)cc2)o1. The van der Waals surface area contributed by atoms with E-state index in [0.29, 0.717) is 18.1 Å². The minimum Gasteiger partial charge on any atom is -0.457 e. The van der Waals surface area contributed by atoms with Crippen molar-refractivity contribution in [3.8, 4) is 17.4 Å². The van der Waals surface area contributed by atoms with Crippen molar-refractivity contribution in [2.24, 2.45) is 0 Å². The van der Waals surface area contributed by atoms with Gasteiger partial charge in [-0.3, -0.25) is 4.79 Å². The average molecular weight is 421 g/mol. The fourth-order valence-electron chi connectivity index (χ4n) is 2.62. The van der Waals surface area contributed by atoms with Gasteiger partial charge < -0.3 is 9.32 Å². The molecular weight excluding hydrogens is 404 g/mol. The van der Waals surface area contributed by atoms with Crippen LogP contribution in [-0.2, 0) is 11.3 Å². The summed E-state index contributed by atoms with van der Waals surface area (Å²) in [4.78, 5) is 14.1. The van der Waals surface area contributed by atoms with E-state index >= 15 is 0 Å². The summed E-state index contributed by atoms with van der Waals surface area (Å²) in [5.74, 6) is 0.796. The maximum Gasteiger partial charge on any atom is 0.264 e. The topological polar surface area (TPSA) is 57.2 Å². The second-order valence-electron chi connectivity index (χ2n) is 6.03. The van der Waals surface area contributed by atoms with Crippen molar-refractivity contribution in [1.29, 1.82) is 5.26 Å². The second-order valence-corrected chi connectivity index (χ2v) is 6.94. The monoisotopic (exact) mass is 420 g/mol. The van der Waals surface area contributed by atoms with E-state index in [1.165, 1.54) is 11.0 Å². The third-order valence-electron chi connectivity index (χ3n) is 4.00. The number of halogens is 1. The number of furan rings is 1. The van der Waals surface area contributed by atoms with Crippen molar-refractivity contribution in [2.45, 2.75) is 6.54 Å². The minimum absolute atomic E-state index is 0.0325. The molecule has 0 bridgehead atoms. The van der Waals surface area contributed by atoms with Gasteiger partial charge >= 0.3 is 0 Å². The van der Waals surface area contributed by atoms with E-state index in [9.17, 15) is 10.1 Å². The number of likely N-dealkylation sites (N-methyl/N-ethyl adjacent to an activating group) is 1. The van der Waals surface area contributed by atoms with E-state index in [-0.39, 0.29) is 11.5 Å². The number of hydrogen-bond acceptors (Lipinski definition) is 3. The normalized spacial score (nSPS) is 11.1. The molecule has 0 spiro atoms. The van der Waals surface area contributed by atoms with Crippen LogP contribution in [0.4, 0.5) is 0 Å². The molecule has 1 aromatic heterocycles. The van der Waals surface area contributed by atoms with Crippen molar-refractivity contribution < 1.29 is 9.21 Å². The molecule has 3 aromatic rings. The van der Waals surface area contributed by atoms with Crippen LogP contribution >= 0.6 is 15.9 Å². The van der Waals surface area contributed by atoms with Crippen LogP contribution in [0.2, 0.25) is 0 Å². The molecule has 5 heteroatoms. The number of carbonyl (C=O) groups is 1. The maximum atomic E-state index is 12.6. The molecule has 0 atom stereocenters. The summed E-state index contributed by atoms with van der Waals surface area (Å²) < 4.78 is 6.76. The zero-order valence-electron chi connectivity index (χ0n) is 14.7. The smallest absolute Gasteiger partial charge is 0.264 e. The predicted molar refractivity (Wildman–Crippen MR) is 108 cm³/mol. The lowest BCUT2D eigenvalue weighted by atomic mass is 10.1. The first kappa shape index (κ1) is 18.7. The molecule has 0 aliphatic carbocycles. The lowest BCUT2D eigenvalue weighted by Crippen LogP contribution is -2.27. The van der Waals surface area contributed by atoms with Gasteiger partial charge in [-0.25, -0.2) is 0 Å². The first-order valence-corrected chi connectivity index (χ1v) is 9.13. The highest BCUT2D eigenvalue weighted by atomic mass is 79.9.